The van der Waals surface area contributed by atoms with E-state index in [1.165, 1.54) is 37.2 Å². The fraction of sp³-hybridized carbons (Fsp3) is 0.220. The number of carbonyl (C=O) groups is 2. The molecular weight excluding hydrogens is 776 g/mol. The van der Waals surface area contributed by atoms with E-state index in [4.69, 9.17) is 33.4 Å². The molecule has 0 saturated carbocycles. The number of hydrogen-bond acceptors (Lipinski definition) is 11. The van der Waals surface area contributed by atoms with Crippen molar-refractivity contribution in [3.8, 4) is 23.0 Å². The summed E-state index contributed by atoms with van der Waals surface area (Å²) in [6.07, 6.45) is 1.75. The fourth-order valence-electron chi connectivity index (χ4n) is 6.00. The standard InChI is InChI=1S/C41H37BrN2O9S/c1-6-51-39(46)27-15-13-24(14-16-27)23-53-37-29(42)19-25(20-32(37)50-5)21-33-38(45)44-36(28-17-18-30(48-3)31(22-28)49-4)34(40(47)52-7-2)35(43-41(44)54-33)26-11-9-8-10-12-26/h8-22,36H,6-7,23H2,1-5H3/b33-21-/t36-/m0/s1. The summed E-state index contributed by atoms with van der Waals surface area (Å²) < 4.78 is 36.1. The molecule has 1 aromatic heterocycles. The van der Waals surface area contributed by atoms with Gasteiger partial charge in [-0.15, -0.1) is 0 Å². The van der Waals surface area contributed by atoms with Crippen LogP contribution in [0.25, 0.3) is 11.8 Å². The highest BCUT2D eigenvalue weighted by Crippen LogP contribution is 2.39. The van der Waals surface area contributed by atoms with E-state index in [2.05, 4.69) is 15.9 Å². The fourth-order valence-corrected chi connectivity index (χ4v) is 7.58. The zero-order chi connectivity index (χ0) is 38.4. The summed E-state index contributed by atoms with van der Waals surface area (Å²) in [6.45, 7) is 4.13. The van der Waals surface area contributed by atoms with Gasteiger partial charge in [-0.05, 0) is 88.9 Å². The van der Waals surface area contributed by atoms with Crippen LogP contribution in [0.2, 0.25) is 0 Å². The lowest BCUT2D eigenvalue weighted by Gasteiger charge is -2.26. The maximum atomic E-state index is 14.5. The van der Waals surface area contributed by atoms with Gasteiger partial charge in [0.05, 0.1) is 66.4 Å². The molecule has 54 heavy (non-hydrogen) atoms. The molecule has 0 spiro atoms. The van der Waals surface area contributed by atoms with Crippen molar-refractivity contribution in [3.05, 3.63) is 142 Å². The molecule has 0 fully saturated rings. The van der Waals surface area contributed by atoms with Gasteiger partial charge in [-0.1, -0.05) is 59.9 Å². The van der Waals surface area contributed by atoms with Crippen LogP contribution in [0.15, 0.2) is 105 Å². The Morgan fingerprint density at radius 1 is 0.833 bits per heavy atom. The molecule has 1 aliphatic rings. The van der Waals surface area contributed by atoms with E-state index in [9.17, 15) is 14.4 Å². The van der Waals surface area contributed by atoms with E-state index in [1.54, 1.807) is 68.5 Å². The molecule has 0 saturated heterocycles. The average Bonchev–Trinajstić information content (AvgIpc) is 3.50. The summed E-state index contributed by atoms with van der Waals surface area (Å²) in [4.78, 5) is 45.7. The molecule has 0 bridgehead atoms. The molecule has 13 heteroatoms. The van der Waals surface area contributed by atoms with E-state index in [1.807, 2.05) is 36.4 Å². The van der Waals surface area contributed by atoms with Crippen LogP contribution in [0, 0.1) is 0 Å². The van der Waals surface area contributed by atoms with Gasteiger partial charge in [0.1, 0.15) is 6.61 Å². The van der Waals surface area contributed by atoms with E-state index in [0.717, 1.165) is 5.56 Å². The number of nitrogens with zero attached hydrogens (tertiary/aromatic N) is 2. The van der Waals surface area contributed by atoms with Gasteiger partial charge in [-0.25, -0.2) is 14.6 Å². The number of aromatic nitrogens is 1. The van der Waals surface area contributed by atoms with Gasteiger partial charge >= 0.3 is 11.9 Å². The summed E-state index contributed by atoms with van der Waals surface area (Å²) in [5, 5.41) is 0. The second-order valence-corrected chi connectivity index (χ2v) is 13.6. The second-order valence-electron chi connectivity index (χ2n) is 11.8. The molecular formula is C41H37BrN2O9S. The van der Waals surface area contributed by atoms with Gasteiger partial charge in [-0.3, -0.25) is 9.36 Å². The molecule has 0 amide bonds. The highest BCUT2D eigenvalue weighted by atomic mass is 79.9. The maximum absolute atomic E-state index is 14.5. The van der Waals surface area contributed by atoms with Crippen molar-refractivity contribution in [3.63, 3.8) is 0 Å². The first-order valence-electron chi connectivity index (χ1n) is 17.0. The van der Waals surface area contributed by atoms with Crippen molar-refractivity contribution in [2.45, 2.75) is 26.5 Å². The van der Waals surface area contributed by atoms with Crippen LogP contribution in [0.1, 0.15) is 52.5 Å². The minimum atomic E-state index is -0.902. The van der Waals surface area contributed by atoms with Crippen molar-refractivity contribution >= 4 is 51.0 Å². The Labute approximate surface area is 323 Å². The van der Waals surface area contributed by atoms with Crippen molar-refractivity contribution in [2.75, 3.05) is 34.5 Å². The summed E-state index contributed by atoms with van der Waals surface area (Å²) in [7, 11) is 4.60. The Morgan fingerprint density at radius 2 is 1.52 bits per heavy atom. The second kappa shape index (κ2) is 17.0. The molecule has 1 aliphatic heterocycles. The van der Waals surface area contributed by atoms with Crippen LogP contribution in [-0.2, 0) is 20.9 Å². The number of benzene rings is 4. The first-order chi connectivity index (χ1) is 26.2. The largest absolute Gasteiger partial charge is 0.493 e. The molecule has 4 aromatic carbocycles. The van der Waals surface area contributed by atoms with Crippen LogP contribution in [-0.4, -0.2) is 51.0 Å². The molecule has 5 aromatic rings. The smallest absolute Gasteiger partial charge is 0.338 e. The van der Waals surface area contributed by atoms with Gasteiger partial charge in [0.15, 0.2) is 27.8 Å². The SMILES string of the molecule is CCOC(=O)C1=C(c2ccccc2)N=c2s/c(=C\c3cc(Br)c(OCc4ccc(C(=O)OCC)cc4)c(OC)c3)c(=O)n2[C@H]1c1ccc(OC)c(OC)c1. The molecule has 0 radical (unpaired) electrons. The van der Waals surface area contributed by atoms with Crippen LogP contribution < -0.4 is 33.8 Å². The van der Waals surface area contributed by atoms with Gasteiger partial charge in [0, 0.05) is 5.56 Å². The number of hydrogen-bond donors (Lipinski definition) is 0. The zero-order valence-corrected chi connectivity index (χ0v) is 32.6. The van der Waals surface area contributed by atoms with Crippen LogP contribution in [0.3, 0.4) is 0 Å². The lowest BCUT2D eigenvalue weighted by atomic mass is 9.93. The number of esters is 2. The Morgan fingerprint density at radius 3 is 2.19 bits per heavy atom. The molecule has 0 unspecified atom stereocenters. The Bertz CT molecular complexity index is 2400. The monoisotopic (exact) mass is 812 g/mol. The lowest BCUT2D eigenvalue weighted by Crippen LogP contribution is -2.40. The Kier molecular flexibility index (Phi) is 12.0. The van der Waals surface area contributed by atoms with Crippen LogP contribution >= 0.6 is 27.3 Å². The zero-order valence-electron chi connectivity index (χ0n) is 30.2. The topological polar surface area (TPSA) is 124 Å². The van der Waals surface area contributed by atoms with Gasteiger partial charge < -0.3 is 28.4 Å². The molecule has 11 nitrogen and oxygen atoms in total. The summed E-state index contributed by atoms with van der Waals surface area (Å²) >= 11 is 4.82. The van der Waals surface area contributed by atoms with E-state index < -0.39 is 12.0 Å². The number of halogens is 1. The molecule has 0 N–H and O–H groups in total. The third kappa shape index (κ3) is 7.82. The minimum absolute atomic E-state index is 0.131. The highest BCUT2D eigenvalue weighted by molar-refractivity contribution is 9.10. The maximum Gasteiger partial charge on any atom is 0.338 e. The number of thiazole rings is 1. The summed E-state index contributed by atoms with van der Waals surface area (Å²) in [6, 6.07) is 24.3. The summed E-state index contributed by atoms with van der Waals surface area (Å²) in [5.41, 5.74) is 3.52. The minimum Gasteiger partial charge on any atom is -0.493 e. The first kappa shape index (κ1) is 38.1. The molecule has 1 atom stereocenters. The quantitative estimate of drug-likeness (QED) is 0.123. The van der Waals surface area contributed by atoms with Crippen molar-refractivity contribution in [1.29, 1.82) is 0 Å². The van der Waals surface area contributed by atoms with Crippen LogP contribution in [0.5, 0.6) is 23.0 Å². The number of fused-ring (bicyclic) bond motifs is 1. The van der Waals surface area contributed by atoms with Gasteiger partial charge in [-0.2, -0.15) is 0 Å². The molecule has 278 valence electrons. The lowest BCUT2D eigenvalue weighted by molar-refractivity contribution is -0.138. The number of methoxy groups -OCH3 is 3. The van der Waals surface area contributed by atoms with Gasteiger partial charge in [0.25, 0.3) is 5.56 Å². The van der Waals surface area contributed by atoms with E-state index in [-0.39, 0.29) is 30.3 Å². The third-order valence-corrected chi connectivity index (χ3v) is 10.1. The molecule has 2 heterocycles. The first-order valence-corrected chi connectivity index (χ1v) is 18.6. The Hall–Kier alpha value is -5.66. The molecule has 0 aliphatic carbocycles. The van der Waals surface area contributed by atoms with Crippen molar-refractivity contribution in [1.82, 2.24) is 4.57 Å². The van der Waals surface area contributed by atoms with Gasteiger partial charge in [0.2, 0.25) is 0 Å². The summed E-state index contributed by atoms with van der Waals surface area (Å²) in [5.74, 6) is 0.860. The number of rotatable bonds is 13. The number of ether oxygens (including phenoxy) is 6. The molecule has 6 rings (SSSR count). The van der Waals surface area contributed by atoms with Crippen molar-refractivity contribution < 1.29 is 38.0 Å². The predicted molar refractivity (Wildman–Crippen MR) is 208 cm³/mol. The van der Waals surface area contributed by atoms with E-state index in [0.29, 0.717) is 71.4 Å². The normalized spacial score (nSPS) is 13.8. The van der Waals surface area contributed by atoms with Crippen LogP contribution in [0.4, 0.5) is 0 Å². The predicted octanol–water partition coefficient (Wildman–Crippen LogP) is 6.48. The number of carbonyl (C=O) groups excluding carboxylic acids is 2. The average molecular weight is 814 g/mol. The Balaban J connectivity index is 1.44. The third-order valence-electron chi connectivity index (χ3n) is 8.49. The highest BCUT2D eigenvalue weighted by Gasteiger charge is 2.35. The van der Waals surface area contributed by atoms with Crippen molar-refractivity contribution in [2.24, 2.45) is 4.99 Å². The van der Waals surface area contributed by atoms with E-state index >= 15 is 0 Å².